The Bertz CT molecular complexity index is 749. The van der Waals surface area contributed by atoms with E-state index >= 15 is 0 Å². The second-order valence-corrected chi connectivity index (χ2v) is 7.85. The maximum absolute atomic E-state index is 12.5. The second kappa shape index (κ2) is 9.64. The number of nitrogens with one attached hydrogen (secondary N) is 2. The maximum atomic E-state index is 12.5. The molecule has 2 N–H and O–H groups in total. The van der Waals surface area contributed by atoms with Crippen LogP contribution < -0.4 is 10.2 Å². The summed E-state index contributed by atoms with van der Waals surface area (Å²) < 4.78 is 0. The van der Waals surface area contributed by atoms with E-state index in [0.717, 1.165) is 61.2 Å². The lowest BCUT2D eigenvalue weighted by Crippen LogP contribution is -2.42. The van der Waals surface area contributed by atoms with Crippen LogP contribution in [0.1, 0.15) is 23.5 Å². The third-order valence-electron chi connectivity index (χ3n) is 4.72. The Morgan fingerprint density at radius 3 is 2.93 bits per heavy atom. The van der Waals surface area contributed by atoms with Gasteiger partial charge in [0.1, 0.15) is 0 Å². The molecule has 1 saturated heterocycles. The minimum atomic E-state index is 0.0410. The number of carbonyl (C=O) groups excluding carboxylic acids is 1. The molecule has 0 radical (unpaired) electrons. The summed E-state index contributed by atoms with van der Waals surface area (Å²) in [6.45, 7) is 8.07. The Morgan fingerprint density at radius 1 is 1.26 bits per heavy atom. The van der Waals surface area contributed by atoms with Gasteiger partial charge in [-0.05, 0) is 32.4 Å². The van der Waals surface area contributed by atoms with Crippen LogP contribution in [0.3, 0.4) is 0 Å². The Kier molecular flexibility index (Phi) is 6.98. The van der Waals surface area contributed by atoms with Crippen molar-refractivity contribution in [3.8, 4) is 0 Å². The monoisotopic (exact) mass is 388 g/mol. The molecule has 2 aromatic heterocycles. The van der Waals surface area contributed by atoms with Gasteiger partial charge in [-0.3, -0.25) is 4.98 Å². The number of carbonyl (C=O) groups is 1. The average molecular weight is 389 g/mol. The first kappa shape index (κ1) is 19.5. The fraction of sp³-hybridized carbons (Fsp3) is 0.526. The van der Waals surface area contributed by atoms with Crippen molar-refractivity contribution in [1.29, 1.82) is 0 Å². The van der Waals surface area contributed by atoms with Crippen molar-refractivity contribution in [3.05, 3.63) is 41.7 Å². The summed E-state index contributed by atoms with van der Waals surface area (Å²) in [6, 6.07) is 4.19. The van der Waals surface area contributed by atoms with Gasteiger partial charge in [-0.2, -0.15) is 11.8 Å². The highest BCUT2D eigenvalue weighted by atomic mass is 32.2. The largest absolute Gasteiger partial charge is 0.370 e. The van der Waals surface area contributed by atoms with Crippen molar-refractivity contribution >= 4 is 23.5 Å². The van der Waals surface area contributed by atoms with Crippen LogP contribution >= 0.6 is 11.8 Å². The number of hydrogen-bond acceptors (Lipinski definition) is 5. The van der Waals surface area contributed by atoms with Gasteiger partial charge in [-0.1, -0.05) is 0 Å². The molecule has 0 unspecified atom stereocenters. The predicted molar refractivity (Wildman–Crippen MR) is 110 cm³/mol. The molecule has 0 atom stereocenters. The first-order chi connectivity index (χ1) is 13.1. The number of aromatic nitrogens is 3. The summed E-state index contributed by atoms with van der Waals surface area (Å²) in [5.74, 6) is 1.75. The topological polar surface area (TPSA) is 77.1 Å². The molecule has 1 fully saturated rings. The molecule has 27 heavy (non-hydrogen) atoms. The number of aryl methyl sites for hydroxylation is 2. The molecule has 2 amide bonds. The van der Waals surface area contributed by atoms with E-state index < -0.39 is 0 Å². The fourth-order valence-corrected chi connectivity index (χ4v) is 4.02. The predicted octanol–water partition coefficient (Wildman–Crippen LogP) is 2.58. The van der Waals surface area contributed by atoms with Crippen LogP contribution in [0.5, 0.6) is 0 Å². The van der Waals surface area contributed by atoms with Crippen LogP contribution in [-0.2, 0) is 5.75 Å². The number of imidazole rings is 1. The van der Waals surface area contributed by atoms with E-state index in [4.69, 9.17) is 0 Å². The van der Waals surface area contributed by atoms with E-state index in [1.54, 1.807) is 18.1 Å². The van der Waals surface area contributed by atoms with Crippen molar-refractivity contribution in [2.24, 2.45) is 0 Å². The molecule has 0 aromatic carbocycles. The van der Waals surface area contributed by atoms with Crippen LogP contribution in [0, 0.1) is 13.8 Å². The summed E-state index contributed by atoms with van der Waals surface area (Å²) in [5.41, 5.74) is 4.42. The Labute approximate surface area is 164 Å². The number of hydrogen-bond donors (Lipinski definition) is 2. The number of rotatable bonds is 6. The van der Waals surface area contributed by atoms with Crippen molar-refractivity contribution in [1.82, 2.24) is 25.2 Å². The first-order valence-electron chi connectivity index (χ1n) is 9.40. The normalized spacial score (nSPS) is 14.9. The van der Waals surface area contributed by atoms with E-state index in [2.05, 4.69) is 31.2 Å². The van der Waals surface area contributed by atoms with Gasteiger partial charge in [0, 0.05) is 67.5 Å². The third-order valence-corrected chi connectivity index (χ3v) is 5.69. The van der Waals surface area contributed by atoms with Crippen LogP contribution in [0.2, 0.25) is 0 Å². The standard InChI is InChI=1S/C19H28N6OS/c1-15-12-17(4-5-20-15)24-7-3-8-25(10-9-24)19(26)21-6-11-27-13-18-16(2)22-14-23-18/h4-5,12,14H,3,6-11,13H2,1-2H3,(H,21,26)(H,22,23). The number of aromatic amines is 1. The lowest BCUT2D eigenvalue weighted by molar-refractivity contribution is 0.202. The third kappa shape index (κ3) is 5.63. The lowest BCUT2D eigenvalue weighted by atomic mass is 10.3. The molecule has 3 rings (SSSR count). The number of pyridine rings is 1. The number of anilines is 1. The molecular formula is C19H28N6OS. The molecule has 8 heteroatoms. The van der Waals surface area contributed by atoms with Crippen LogP contribution in [0.4, 0.5) is 10.5 Å². The van der Waals surface area contributed by atoms with Gasteiger partial charge in [-0.25, -0.2) is 9.78 Å². The van der Waals surface area contributed by atoms with Crippen LogP contribution in [-0.4, -0.2) is 64.4 Å². The smallest absolute Gasteiger partial charge is 0.317 e. The van der Waals surface area contributed by atoms with Crippen molar-refractivity contribution in [3.63, 3.8) is 0 Å². The SMILES string of the molecule is Cc1cc(N2CCCN(C(=O)NCCSCc3nc[nH]c3C)CC2)ccn1. The number of nitrogens with zero attached hydrogens (tertiary/aromatic N) is 4. The summed E-state index contributed by atoms with van der Waals surface area (Å²) in [6.07, 6.45) is 4.55. The van der Waals surface area contributed by atoms with E-state index in [-0.39, 0.29) is 6.03 Å². The summed E-state index contributed by atoms with van der Waals surface area (Å²) in [5, 5.41) is 3.05. The summed E-state index contributed by atoms with van der Waals surface area (Å²) in [4.78, 5) is 28.4. The molecule has 0 bridgehead atoms. The second-order valence-electron chi connectivity index (χ2n) is 6.74. The van der Waals surface area contributed by atoms with Gasteiger partial charge in [0.15, 0.2) is 0 Å². The highest BCUT2D eigenvalue weighted by molar-refractivity contribution is 7.98. The minimum Gasteiger partial charge on any atom is -0.370 e. The molecular weight excluding hydrogens is 360 g/mol. The zero-order chi connectivity index (χ0) is 19.1. The molecule has 3 heterocycles. The van der Waals surface area contributed by atoms with Crippen molar-refractivity contribution in [2.75, 3.05) is 43.4 Å². The van der Waals surface area contributed by atoms with E-state index in [1.807, 2.05) is 31.0 Å². The van der Waals surface area contributed by atoms with Crippen molar-refractivity contribution < 1.29 is 4.79 Å². The molecule has 146 valence electrons. The minimum absolute atomic E-state index is 0.0410. The van der Waals surface area contributed by atoms with Gasteiger partial charge in [0.2, 0.25) is 0 Å². The van der Waals surface area contributed by atoms with Crippen molar-refractivity contribution in [2.45, 2.75) is 26.0 Å². The Balaban J connectivity index is 1.38. The van der Waals surface area contributed by atoms with E-state index in [9.17, 15) is 4.79 Å². The molecule has 7 nitrogen and oxygen atoms in total. The van der Waals surface area contributed by atoms with E-state index in [1.165, 1.54) is 5.69 Å². The number of urea groups is 1. The molecule has 1 aliphatic rings. The Morgan fingerprint density at radius 2 is 2.15 bits per heavy atom. The van der Waals surface area contributed by atoms with Gasteiger partial charge in [0.25, 0.3) is 0 Å². The lowest BCUT2D eigenvalue weighted by Gasteiger charge is -2.24. The fourth-order valence-electron chi connectivity index (χ4n) is 3.15. The quantitative estimate of drug-likeness (QED) is 0.744. The highest BCUT2D eigenvalue weighted by Crippen LogP contribution is 2.17. The zero-order valence-electron chi connectivity index (χ0n) is 16.1. The maximum Gasteiger partial charge on any atom is 0.317 e. The number of amides is 2. The van der Waals surface area contributed by atoms with Gasteiger partial charge >= 0.3 is 6.03 Å². The Hall–Kier alpha value is -2.22. The molecule has 0 spiro atoms. The van der Waals surface area contributed by atoms with Gasteiger partial charge in [-0.15, -0.1) is 0 Å². The molecule has 0 aliphatic carbocycles. The van der Waals surface area contributed by atoms with Crippen LogP contribution in [0.25, 0.3) is 0 Å². The van der Waals surface area contributed by atoms with Gasteiger partial charge < -0.3 is 20.1 Å². The first-order valence-corrected chi connectivity index (χ1v) is 10.6. The van der Waals surface area contributed by atoms with Gasteiger partial charge in [0.05, 0.1) is 12.0 Å². The average Bonchev–Trinajstić information content (AvgIpc) is 2.92. The molecule has 2 aromatic rings. The van der Waals surface area contributed by atoms with E-state index in [0.29, 0.717) is 6.54 Å². The molecule has 1 aliphatic heterocycles. The highest BCUT2D eigenvalue weighted by Gasteiger charge is 2.19. The summed E-state index contributed by atoms with van der Waals surface area (Å²) >= 11 is 1.79. The number of thioether (sulfide) groups is 1. The summed E-state index contributed by atoms with van der Waals surface area (Å²) in [7, 11) is 0. The molecule has 0 saturated carbocycles. The number of H-pyrrole nitrogens is 1. The zero-order valence-corrected chi connectivity index (χ0v) is 16.9. The van der Waals surface area contributed by atoms with Crippen LogP contribution in [0.15, 0.2) is 24.7 Å².